The summed E-state index contributed by atoms with van der Waals surface area (Å²) in [5.74, 6) is 0. The summed E-state index contributed by atoms with van der Waals surface area (Å²) in [6, 6.07) is 0. The quantitative estimate of drug-likeness (QED) is 0.351. The summed E-state index contributed by atoms with van der Waals surface area (Å²) in [6.45, 7) is 11.5. The zero-order chi connectivity index (χ0) is 16.5. The molecule has 0 saturated carbocycles. The van der Waals surface area contributed by atoms with Crippen molar-refractivity contribution in [1.29, 1.82) is 0 Å². The first-order valence-electron chi connectivity index (χ1n) is 9.33. The van der Waals surface area contributed by atoms with E-state index in [1.54, 1.807) is 0 Å². The second-order valence-electron chi connectivity index (χ2n) is 6.17. The molecule has 0 atom stereocenters. The molecule has 0 saturated heterocycles. The molecule has 0 aliphatic carbocycles. The minimum Gasteiger partial charge on any atom is -0.330 e. The molecular formula is C17H41N5. The Kier molecular flexibility index (Phi) is 17.0. The van der Waals surface area contributed by atoms with Crippen LogP contribution in [0, 0.1) is 0 Å². The molecule has 5 heteroatoms. The van der Waals surface area contributed by atoms with Gasteiger partial charge >= 0.3 is 0 Å². The maximum Gasteiger partial charge on any atom is -0.000653 e. The maximum absolute atomic E-state index is 5.66. The van der Waals surface area contributed by atoms with Gasteiger partial charge in [-0.1, -0.05) is 19.8 Å². The van der Waals surface area contributed by atoms with Crippen molar-refractivity contribution >= 4 is 0 Å². The summed E-state index contributed by atoms with van der Waals surface area (Å²) < 4.78 is 0. The van der Waals surface area contributed by atoms with Crippen LogP contribution in [0.15, 0.2) is 0 Å². The summed E-state index contributed by atoms with van der Waals surface area (Å²) in [5.41, 5.74) is 16.9. The van der Waals surface area contributed by atoms with Crippen molar-refractivity contribution < 1.29 is 0 Å². The van der Waals surface area contributed by atoms with Gasteiger partial charge in [0.2, 0.25) is 0 Å². The molecule has 0 radical (unpaired) electrons. The Morgan fingerprint density at radius 1 is 0.500 bits per heavy atom. The first kappa shape index (κ1) is 21.8. The van der Waals surface area contributed by atoms with Crippen LogP contribution in [0.5, 0.6) is 0 Å². The molecule has 0 aromatic carbocycles. The fourth-order valence-corrected chi connectivity index (χ4v) is 2.72. The zero-order valence-electron chi connectivity index (χ0n) is 14.9. The molecule has 134 valence electrons. The average Bonchev–Trinajstić information content (AvgIpc) is 2.54. The molecule has 0 aliphatic rings. The van der Waals surface area contributed by atoms with Crippen LogP contribution >= 0.6 is 0 Å². The highest BCUT2D eigenvalue weighted by Gasteiger charge is 2.07. The fraction of sp³-hybridized carbons (Fsp3) is 1.00. The van der Waals surface area contributed by atoms with E-state index in [1.807, 2.05) is 0 Å². The second-order valence-corrected chi connectivity index (χ2v) is 6.17. The molecule has 0 amide bonds. The minimum atomic E-state index is 0.777. The van der Waals surface area contributed by atoms with E-state index in [0.717, 1.165) is 65.1 Å². The Morgan fingerprint density at radius 3 is 1.23 bits per heavy atom. The topological polar surface area (TPSA) is 84.5 Å². The van der Waals surface area contributed by atoms with Gasteiger partial charge in [0.1, 0.15) is 0 Å². The molecule has 0 heterocycles. The highest BCUT2D eigenvalue weighted by atomic mass is 15.1. The van der Waals surface area contributed by atoms with E-state index in [0.29, 0.717) is 0 Å². The van der Waals surface area contributed by atoms with Gasteiger partial charge in [0.25, 0.3) is 0 Å². The van der Waals surface area contributed by atoms with Gasteiger partial charge in [0.05, 0.1) is 0 Å². The Balaban J connectivity index is 3.99. The average molecular weight is 316 g/mol. The predicted molar refractivity (Wildman–Crippen MR) is 98.0 cm³/mol. The number of rotatable bonds is 17. The molecule has 0 spiro atoms. The van der Waals surface area contributed by atoms with Gasteiger partial charge < -0.3 is 27.0 Å². The van der Waals surface area contributed by atoms with Crippen LogP contribution < -0.4 is 17.2 Å². The lowest BCUT2D eigenvalue weighted by molar-refractivity contribution is 0.221. The summed E-state index contributed by atoms with van der Waals surface area (Å²) in [6.07, 6.45) is 8.43. The molecule has 0 aromatic heterocycles. The highest BCUT2D eigenvalue weighted by molar-refractivity contribution is 4.64. The van der Waals surface area contributed by atoms with Crippen LogP contribution in [0.2, 0.25) is 0 Å². The number of nitrogens with two attached hydrogens (primary N) is 3. The van der Waals surface area contributed by atoms with Crippen LogP contribution in [0.4, 0.5) is 0 Å². The first-order valence-corrected chi connectivity index (χ1v) is 9.33. The van der Waals surface area contributed by atoms with E-state index in [-0.39, 0.29) is 0 Å². The van der Waals surface area contributed by atoms with E-state index < -0.39 is 0 Å². The normalized spacial score (nSPS) is 11.7. The Bertz CT molecular complexity index is 205. The molecule has 5 nitrogen and oxygen atoms in total. The Morgan fingerprint density at radius 2 is 0.864 bits per heavy atom. The third-order valence-electron chi connectivity index (χ3n) is 4.06. The highest BCUT2D eigenvalue weighted by Crippen LogP contribution is 2.03. The maximum atomic E-state index is 5.66. The van der Waals surface area contributed by atoms with Crippen molar-refractivity contribution in [2.45, 2.75) is 51.9 Å². The van der Waals surface area contributed by atoms with Crippen molar-refractivity contribution in [3.05, 3.63) is 0 Å². The number of nitrogens with zero attached hydrogens (tertiary/aromatic N) is 2. The van der Waals surface area contributed by atoms with Crippen LogP contribution in [-0.2, 0) is 0 Å². The van der Waals surface area contributed by atoms with E-state index >= 15 is 0 Å². The van der Waals surface area contributed by atoms with Gasteiger partial charge in [0.15, 0.2) is 0 Å². The van der Waals surface area contributed by atoms with Crippen LogP contribution in [-0.4, -0.2) is 68.7 Å². The lowest BCUT2D eigenvalue weighted by Crippen LogP contribution is -2.34. The molecule has 0 rings (SSSR count). The van der Waals surface area contributed by atoms with Crippen molar-refractivity contribution in [3.63, 3.8) is 0 Å². The molecular weight excluding hydrogens is 274 g/mol. The predicted octanol–water partition coefficient (Wildman–Crippen LogP) is 1.22. The number of hydrogen-bond acceptors (Lipinski definition) is 5. The van der Waals surface area contributed by atoms with Gasteiger partial charge in [-0.05, 0) is 91.0 Å². The van der Waals surface area contributed by atoms with Crippen LogP contribution in [0.3, 0.4) is 0 Å². The van der Waals surface area contributed by atoms with E-state index in [9.17, 15) is 0 Å². The summed E-state index contributed by atoms with van der Waals surface area (Å²) in [4.78, 5) is 5.11. The van der Waals surface area contributed by atoms with Crippen molar-refractivity contribution in [2.75, 3.05) is 58.9 Å². The minimum absolute atomic E-state index is 0.777. The number of unbranched alkanes of at least 4 members (excludes halogenated alkanes) is 2. The smallest absolute Gasteiger partial charge is 0.000653 e. The van der Waals surface area contributed by atoms with Crippen molar-refractivity contribution in [1.82, 2.24) is 9.80 Å². The SMILES string of the molecule is CCCCCN(CCCN)CCCN(CCCN)CCCN. The molecule has 0 aromatic rings. The van der Waals surface area contributed by atoms with E-state index in [4.69, 9.17) is 17.2 Å². The monoisotopic (exact) mass is 315 g/mol. The summed E-state index contributed by atoms with van der Waals surface area (Å²) in [5, 5.41) is 0. The molecule has 22 heavy (non-hydrogen) atoms. The Labute approximate surface area is 138 Å². The van der Waals surface area contributed by atoms with Gasteiger partial charge in [0, 0.05) is 0 Å². The third-order valence-corrected chi connectivity index (χ3v) is 4.06. The lowest BCUT2D eigenvalue weighted by Gasteiger charge is -2.25. The number of hydrogen-bond donors (Lipinski definition) is 3. The van der Waals surface area contributed by atoms with Crippen molar-refractivity contribution in [3.8, 4) is 0 Å². The largest absolute Gasteiger partial charge is 0.330 e. The van der Waals surface area contributed by atoms with Crippen LogP contribution in [0.1, 0.15) is 51.9 Å². The molecule has 0 fully saturated rings. The standard InChI is InChI=1S/C17H41N5/c1-2-3-4-12-21(13-5-9-18)16-8-17-22(14-6-10-19)15-7-11-20/h2-20H2,1H3. The van der Waals surface area contributed by atoms with E-state index in [2.05, 4.69) is 16.7 Å². The first-order chi connectivity index (χ1) is 10.8. The summed E-state index contributed by atoms with van der Waals surface area (Å²) >= 11 is 0. The van der Waals surface area contributed by atoms with Gasteiger partial charge in [-0.3, -0.25) is 0 Å². The lowest BCUT2D eigenvalue weighted by atomic mass is 10.2. The van der Waals surface area contributed by atoms with Crippen LogP contribution in [0.25, 0.3) is 0 Å². The Hall–Kier alpha value is -0.200. The molecule has 0 aliphatic heterocycles. The van der Waals surface area contributed by atoms with E-state index in [1.165, 1.54) is 38.8 Å². The van der Waals surface area contributed by atoms with Gasteiger partial charge in [-0.2, -0.15) is 0 Å². The molecule has 0 bridgehead atoms. The third kappa shape index (κ3) is 13.5. The molecule has 6 N–H and O–H groups in total. The van der Waals surface area contributed by atoms with Crippen molar-refractivity contribution in [2.24, 2.45) is 17.2 Å². The van der Waals surface area contributed by atoms with Gasteiger partial charge in [-0.15, -0.1) is 0 Å². The van der Waals surface area contributed by atoms with Gasteiger partial charge in [-0.25, -0.2) is 0 Å². The fourth-order valence-electron chi connectivity index (χ4n) is 2.72. The summed E-state index contributed by atoms with van der Waals surface area (Å²) in [7, 11) is 0. The molecule has 0 unspecified atom stereocenters. The zero-order valence-corrected chi connectivity index (χ0v) is 14.9. The second kappa shape index (κ2) is 17.2.